The molecule has 0 saturated carbocycles. The van der Waals surface area contributed by atoms with E-state index in [0.29, 0.717) is 18.2 Å². The van der Waals surface area contributed by atoms with Gasteiger partial charge < -0.3 is 10.1 Å². The number of nitrogens with zero attached hydrogens (tertiary/aromatic N) is 1. The second kappa shape index (κ2) is 6.17. The van der Waals surface area contributed by atoms with Gasteiger partial charge in [0.2, 0.25) is 0 Å². The van der Waals surface area contributed by atoms with Crippen molar-refractivity contribution in [2.45, 2.75) is 70.7 Å². The van der Waals surface area contributed by atoms with Crippen LogP contribution in [0, 0.1) is 0 Å². The number of ether oxygens (including phenoxy) is 1. The highest BCUT2D eigenvalue weighted by Crippen LogP contribution is 2.22. The average molecular weight is 240 g/mol. The van der Waals surface area contributed by atoms with Gasteiger partial charge in [-0.05, 0) is 39.2 Å². The summed E-state index contributed by atoms with van der Waals surface area (Å²) in [6.45, 7) is 10.2. The maximum Gasteiger partial charge on any atom is 0.0561 e. The number of hydrogen-bond donors (Lipinski definition) is 1. The molecule has 1 N–H and O–H groups in total. The van der Waals surface area contributed by atoms with Crippen LogP contribution in [-0.2, 0) is 4.74 Å². The summed E-state index contributed by atoms with van der Waals surface area (Å²) in [6, 6.07) is 2.06. The molecule has 2 heterocycles. The first kappa shape index (κ1) is 13.3. The Morgan fingerprint density at radius 3 is 2.82 bits per heavy atom. The van der Waals surface area contributed by atoms with Crippen molar-refractivity contribution in [3.63, 3.8) is 0 Å². The Bertz CT molecular complexity index is 232. The first-order valence-electron chi connectivity index (χ1n) is 7.27. The van der Waals surface area contributed by atoms with Gasteiger partial charge in [-0.15, -0.1) is 0 Å². The summed E-state index contributed by atoms with van der Waals surface area (Å²) in [5.41, 5.74) is 0. The number of likely N-dealkylation sites (tertiary alicyclic amines) is 1. The molecule has 0 aliphatic carbocycles. The van der Waals surface area contributed by atoms with Crippen molar-refractivity contribution in [1.82, 2.24) is 10.2 Å². The molecule has 3 atom stereocenters. The van der Waals surface area contributed by atoms with Crippen LogP contribution in [0.3, 0.4) is 0 Å². The van der Waals surface area contributed by atoms with E-state index in [1.165, 1.54) is 38.8 Å². The van der Waals surface area contributed by atoms with Crippen molar-refractivity contribution < 1.29 is 4.74 Å². The van der Waals surface area contributed by atoms with Crippen LogP contribution in [-0.4, -0.2) is 48.8 Å². The molecule has 0 aromatic rings. The summed E-state index contributed by atoms with van der Waals surface area (Å²) in [6.07, 6.45) is 5.57. The van der Waals surface area contributed by atoms with Crippen molar-refractivity contribution in [3.8, 4) is 0 Å². The van der Waals surface area contributed by atoms with E-state index >= 15 is 0 Å². The van der Waals surface area contributed by atoms with Gasteiger partial charge in [0.05, 0.1) is 6.10 Å². The van der Waals surface area contributed by atoms with E-state index in [9.17, 15) is 0 Å². The molecule has 17 heavy (non-hydrogen) atoms. The third-order valence-corrected chi connectivity index (χ3v) is 4.00. The zero-order valence-electron chi connectivity index (χ0n) is 11.6. The molecule has 0 amide bonds. The van der Waals surface area contributed by atoms with Crippen LogP contribution in [0.2, 0.25) is 0 Å². The lowest BCUT2D eigenvalue weighted by molar-refractivity contribution is -0.0244. The molecule has 0 radical (unpaired) electrons. The monoisotopic (exact) mass is 240 g/mol. The fourth-order valence-corrected chi connectivity index (χ4v) is 3.25. The first-order valence-corrected chi connectivity index (χ1v) is 7.27. The predicted molar refractivity (Wildman–Crippen MR) is 71.3 cm³/mol. The maximum absolute atomic E-state index is 5.65. The molecule has 0 bridgehead atoms. The number of nitrogens with one attached hydrogen (secondary N) is 1. The van der Waals surface area contributed by atoms with Gasteiger partial charge in [-0.25, -0.2) is 0 Å². The molecule has 2 aliphatic heterocycles. The summed E-state index contributed by atoms with van der Waals surface area (Å²) in [5.74, 6) is 0. The van der Waals surface area contributed by atoms with Gasteiger partial charge in [-0.2, -0.15) is 0 Å². The van der Waals surface area contributed by atoms with Crippen molar-refractivity contribution >= 4 is 0 Å². The Hall–Kier alpha value is -0.120. The van der Waals surface area contributed by atoms with Gasteiger partial charge in [0, 0.05) is 31.3 Å². The van der Waals surface area contributed by atoms with Crippen LogP contribution in [0.1, 0.15) is 46.5 Å². The van der Waals surface area contributed by atoms with Crippen LogP contribution < -0.4 is 5.32 Å². The second-order valence-electron chi connectivity index (χ2n) is 6.02. The van der Waals surface area contributed by atoms with Gasteiger partial charge in [-0.3, -0.25) is 4.90 Å². The number of piperidine rings is 1. The molecule has 3 unspecified atom stereocenters. The molecule has 3 nitrogen and oxygen atoms in total. The molecule has 3 heteroatoms. The third kappa shape index (κ3) is 3.94. The summed E-state index contributed by atoms with van der Waals surface area (Å²) >= 11 is 0. The van der Waals surface area contributed by atoms with E-state index in [0.717, 1.165) is 12.6 Å². The van der Waals surface area contributed by atoms with Gasteiger partial charge >= 0.3 is 0 Å². The number of rotatable bonds is 3. The van der Waals surface area contributed by atoms with E-state index < -0.39 is 0 Å². The Morgan fingerprint density at radius 1 is 1.29 bits per heavy atom. The molecular formula is C14H28N2O. The lowest BCUT2D eigenvalue weighted by Crippen LogP contribution is -2.52. The summed E-state index contributed by atoms with van der Waals surface area (Å²) in [7, 11) is 0. The van der Waals surface area contributed by atoms with E-state index in [-0.39, 0.29) is 0 Å². The Balaban J connectivity index is 1.83. The quantitative estimate of drug-likeness (QED) is 0.817. The largest absolute Gasteiger partial charge is 0.378 e. The highest BCUT2D eigenvalue weighted by Gasteiger charge is 2.29. The maximum atomic E-state index is 5.65. The predicted octanol–water partition coefficient (Wildman–Crippen LogP) is 2.02. The highest BCUT2D eigenvalue weighted by atomic mass is 16.5. The molecular weight excluding hydrogens is 212 g/mol. The Labute approximate surface area is 106 Å². The summed E-state index contributed by atoms with van der Waals surface area (Å²) in [5, 5.41) is 3.69. The molecule has 0 spiro atoms. The SMILES string of the molecule is CC(C)NC1CCCN(C2CCOC(C)C2)C1. The van der Waals surface area contributed by atoms with Gasteiger partial charge in [-0.1, -0.05) is 13.8 Å². The van der Waals surface area contributed by atoms with E-state index in [4.69, 9.17) is 4.74 Å². The number of hydrogen-bond acceptors (Lipinski definition) is 3. The molecule has 2 saturated heterocycles. The Kier molecular flexibility index (Phi) is 4.83. The van der Waals surface area contributed by atoms with Crippen molar-refractivity contribution in [1.29, 1.82) is 0 Å². The van der Waals surface area contributed by atoms with Crippen LogP contribution >= 0.6 is 0 Å². The Morgan fingerprint density at radius 2 is 2.12 bits per heavy atom. The summed E-state index contributed by atoms with van der Waals surface area (Å²) in [4.78, 5) is 2.70. The normalized spacial score (nSPS) is 36.4. The smallest absolute Gasteiger partial charge is 0.0561 e. The zero-order chi connectivity index (χ0) is 12.3. The standard InChI is InChI=1S/C14H28N2O/c1-11(2)15-13-5-4-7-16(10-13)14-6-8-17-12(3)9-14/h11-15H,4-10H2,1-3H3. The lowest BCUT2D eigenvalue weighted by Gasteiger charge is -2.42. The van der Waals surface area contributed by atoms with E-state index in [1.54, 1.807) is 0 Å². The fraction of sp³-hybridized carbons (Fsp3) is 1.00. The van der Waals surface area contributed by atoms with Crippen molar-refractivity contribution in [2.75, 3.05) is 19.7 Å². The molecule has 2 aliphatic rings. The molecule has 0 aromatic heterocycles. The van der Waals surface area contributed by atoms with Crippen molar-refractivity contribution in [2.24, 2.45) is 0 Å². The average Bonchev–Trinajstić information content (AvgIpc) is 2.28. The zero-order valence-corrected chi connectivity index (χ0v) is 11.6. The van der Waals surface area contributed by atoms with E-state index in [1.807, 2.05) is 0 Å². The molecule has 2 fully saturated rings. The van der Waals surface area contributed by atoms with Gasteiger partial charge in [0.1, 0.15) is 0 Å². The van der Waals surface area contributed by atoms with Gasteiger partial charge in [0.25, 0.3) is 0 Å². The van der Waals surface area contributed by atoms with Crippen molar-refractivity contribution in [3.05, 3.63) is 0 Å². The van der Waals surface area contributed by atoms with Crippen LogP contribution in [0.15, 0.2) is 0 Å². The fourth-order valence-electron chi connectivity index (χ4n) is 3.25. The van der Waals surface area contributed by atoms with Crippen LogP contribution in [0.5, 0.6) is 0 Å². The molecule has 100 valence electrons. The van der Waals surface area contributed by atoms with Gasteiger partial charge in [0.15, 0.2) is 0 Å². The first-order chi connectivity index (χ1) is 8.15. The minimum absolute atomic E-state index is 0.451. The highest BCUT2D eigenvalue weighted by molar-refractivity contribution is 4.85. The topological polar surface area (TPSA) is 24.5 Å². The lowest BCUT2D eigenvalue weighted by atomic mass is 9.97. The van der Waals surface area contributed by atoms with Crippen LogP contribution in [0.4, 0.5) is 0 Å². The van der Waals surface area contributed by atoms with E-state index in [2.05, 4.69) is 31.0 Å². The van der Waals surface area contributed by atoms with Crippen LogP contribution in [0.25, 0.3) is 0 Å². The molecule has 2 rings (SSSR count). The minimum Gasteiger partial charge on any atom is -0.378 e. The summed E-state index contributed by atoms with van der Waals surface area (Å²) < 4.78 is 5.65. The second-order valence-corrected chi connectivity index (χ2v) is 6.02. The minimum atomic E-state index is 0.451. The third-order valence-electron chi connectivity index (χ3n) is 4.00. The molecule has 0 aromatic carbocycles.